The molecule has 110 valence electrons. The minimum atomic E-state index is -0.552. The highest BCUT2D eigenvalue weighted by atomic mass is 19.1. The number of fused-ring (bicyclic) bond motifs is 1. The zero-order valence-corrected chi connectivity index (χ0v) is 12.0. The maximum Gasteiger partial charge on any atom is 0.163 e. The van der Waals surface area contributed by atoms with E-state index in [1.54, 1.807) is 7.05 Å². The summed E-state index contributed by atoms with van der Waals surface area (Å²) in [6.45, 7) is 4.00. The number of aromatic hydroxyl groups is 1. The van der Waals surface area contributed by atoms with Gasteiger partial charge >= 0.3 is 0 Å². The summed E-state index contributed by atoms with van der Waals surface area (Å²) in [5.41, 5.74) is 7.23. The average molecular weight is 289 g/mol. The topological polar surface area (TPSA) is 89.8 Å². The summed E-state index contributed by atoms with van der Waals surface area (Å²) in [6, 6.07) is 3.71. The number of nitrogen functional groups attached to an aromatic ring is 1. The van der Waals surface area contributed by atoms with Gasteiger partial charge in [-0.2, -0.15) is 5.10 Å². The molecule has 0 aliphatic carbocycles. The van der Waals surface area contributed by atoms with Crippen molar-refractivity contribution in [3.63, 3.8) is 0 Å². The van der Waals surface area contributed by atoms with Crippen LogP contribution in [0.1, 0.15) is 13.8 Å². The fraction of sp³-hybridized carbons (Fsp3) is 0.214. The number of benzene rings is 1. The minimum absolute atomic E-state index is 0.177. The van der Waals surface area contributed by atoms with E-state index in [4.69, 9.17) is 5.73 Å². The van der Waals surface area contributed by atoms with E-state index in [1.165, 1.54) is 23.1 Å². The molecule has 0 amide bonds. The summed E-state index contributed by atoms with van der Waals surface area (Å²) in [5, 5.41) is 14.3. The van der Waals surface area contributed by atoms with Crippen molar-refractivity contribution in [3.8, 4) is 17.0 Å². The Morgan fingerprint density at radius 1 is 1.19 bits per heavy atom. The third-order valence-electron chi connectivity index (χ3n) is 2.81. The van der Waals surface area contributed by atoms with Crippen molar-refractivity contribution in [1.29, 1.82) is 0 Å². The highest BCUT2D eigenvalue weighted by Crippen LogP contribution is 2.31. The van der Waals surface area contributed by atoms with Crippen LogP contribution in [0.5, 0.6) is 5.75 Å². The molecular weight excluding hydrogens is 273 g/mol. The van der Waals surface area contributed by atoms with Gasteiger partial charge in [-0.15, -0.1) is 0 Å². The first-order valence-electron chi connectivity index (χ1n) is 6.49. The van der Waals surface area contributed by atoms with Crippen molar-refractivity contribution in [3.05, 3.63) is 30.3 Å². The Bertz CT molecular complexity index is 764. The van der Waals surface area contributed by atoms with E-state index < -0.39 is 5.82 Å². The number of rotatable bonds is 1. The summed E-state index contributed by atoms with van der Waals surface area (Å²) in [4.78, 5) is 7.99. The van der Waals surface area contributed by atoms with Gasteiger partial charge in [0.25, 0.3) is 0 Å². The number of anilines is 1. The van der Waals surface area contributed by atoms with E-state index in [0.29, 0.717) is 22.3 Å². The average Bonchev–Trinajstić information content (AvgIpc) is 2.79. The van der Waals surface area contributed by atoms with Gasteiger partial charge in [0.05, 0.1) is 5.39 Å². The minimum Gasteiger partial charge on any atom is -0.508 e. The Kier molecular flexibility index (Phi) is 4.02. The Morgan fingerprint density at radius 2 is 1.90 bits per heavy atom. The van der Waals surface area contributed by atoms with Gasteiger partial charge < -0.3 is 10.8 Å². The van der Waals surface area contributed by atoms with Gasteiger partial charge in [0.2, 0.25) is 0 Å². The van der Waals surface area contributed by atoms with Gasteiger partial charge in [-0.1, -0.05) is 13.8 Å². The fourth-order valence-electron chi connectivity index (χ4n) is 2.02. The number of hydrogen-bond acceptors (Lipinski definition) is 5. The molecule has 0 saturated carbocycles. The zero-order chi connectivity index (χ0) is 15.6. The number of aromatic nitrogens is 4. The predicted octanol–water partition coefficient (Wildman–Crippen LogP) is 2.48. The van der Waals surface area contributed by atoms with Gasteiger partial charge in [0, 0.05) is 18.7 Å². The van der Waals surface area contributed by atoms with Gasteiger partial charge in [0.1, 0.15) is 29.4 Å². The molecular formula is C14H16FN5O. The van der Waals surface area contributed by atoms with Gasteiger partial charge in [-0.3, -0.25) is 0 Å². The zero-order valence-electron chi connectivity index (χ0n) is 12.0. The van der Waals surface area contributed by atoms with Crippen LogP contribution < -0.4 is 5.73 Å². The van der Waals surface area contributed by atoms with Crippen LogP contribution in [0.15, 0.2) is 24.5 Å². The molecule has 0 unspecified atom stereocenters. The molecule has 0 fully saturated rings. The lowest BCUT2D eigenvalue weighted by atomic mass is 10.1. The summed E-state index contributed by atoms with van der Waals surface area (Å²) in [6.07, 6.45) is 1.34. The third-order valence-corrected chi connectivity index (χ3v) is 2.81. The van der Waals surface area contributed by atoms with Crippen molar-refractivity contribution in [2.24, 2.45) is 7.05 Å². The van der Waals surface area contributed by atoms with Crippen molar-refractivity contribution in [2.45, 2.75) is 13.8 Å². The monoisotopic (exact) mass is 289 g/mol. The maximum absolute atomic E-state index is 13.4. The molecule has 2 heterocycles. The Morgan fingerprint density at radius 3 is 2.57 bits per heavy atom. The van der Waals surface area contributed by atoms with E-state index in [-0.39, 0.29) is 11.6 Å². The number of halogens is 1. The van der Waals surface area contributed by atoms with Crippen molar-refractivity contribution < 1.29 is 9.50 Å². The van der Waals surface area contributed by atoms with Crippen LogP contribution in [-0.2, 0) is 7.05 Å². The first-order valence-corrected chi connectivity index (χ1v) is 6.49. The van der Waals surface area contributed by atoms with E-state index in [1.807, 2.05) is 13.8 Å². The third kappa shape index (κ3) is 2.62. The number of phenols is 1. The molecule has 0 spiro atoms. The van der Waals surface area contributed by atoms with E-state index >= 15 is 0 Å². The highest BCUT2D eigenvalue weighted by molar-refractivity contribution is 5.98. The molecule has 0 saturated heterocycles. The van der Waals surface area contributed by atoms with Crippen LogP contribution in [0.25, 0.3) is 22.3 Å². The maximum atomic E-state index is 13.4. The predicted molar refractivity (Wildman–Crippen MR) is 79.1 cm³/mol. The molecule has 0 aliphatic heterocycles. The number of hydrogen-bond donors (Lipinski definition) is 2. The van der Waals surface area contributed by atoms with E-state index in [9.17, 15) is 9.50 Å². The lowest BCUT2D eigenvalue weighted by molar-refractivity contribution is 0.469. The normalized spacial score (nSPS) is 10.3. The van der Waals surface area contributed by atoms with Crippen LogP contribution >= 0.6 is 0 Å². The molecule has 1 aromatic carbocycles. The summed E-state index contributed by atoms with van der Waals surface area (Å²) in [5.74, 6) is -0.467. The fourth-order valence-corrected chi connectivity index (χ4v) is 2.02. The number of nitrogens with two attached hydrogens (primary N) is 1. The summed E-state index contributed by atoms with van der Waals surface area (Å²) >= 11 is 0. The highest BCUT2D eigenvalue weighted by Gasteiger charge is 2.16. The van der Waals surface area contributed by atoms with Crippen LogP contribution in [0, 0.1) is 5.82 Å². The lowest BCUT2D eigenvalue weighted by Crippen LogP contribution is -1.95. The first-order chi connectivity index (χ1) is 10.1. The standard InChI is InChI=1S/C12H10FN5O.C2H6/c1-18-12-9(11(14)15-5-16-12)10(17-18)6-2-7(13)4-8(19)3-6;1-2/h2-5,19H,1H3,(H2,14,15,16);1-2H3. The molecule has 0 bridgehead atoms. The van der Waals surface area contributed by atoms with Crippen molar-refractivity contribution >= 4 is 16.9 Å². The quantitative estimate of drug-likeness (QED) is 0.718. The molecule has 0 atom stereocenters. The molecule has 3 N–H and O–H groups in total. The molecule has 3 rings (SSSR count). The van der Waals surface area contributed by atoms with Crippen molar-refractivity contribution in [2.75, 3.05) is 5.73 Å². The SMILES string of the molecule is CC.Cn1nc(-c2cc(O)cc(F)c2)c2c(N)ncnc21. The Balaban J connectivity index is 0.000000774. The first kappa shape index (κ1) is 14.7. The molecule has 6 nitrogen and oxygen atoms in total. The lowest BCUT2D eigenvalue weighted by Gasteiger charge is -2.01. The number of phenolic OH excluding ortho intramolecular Hbond substituents is 1. The van der Waals surface area contributed by atoms with Crippen LogP contribution in [0.2, 0.25) is 0 Å². The molecule has 7 heteroatoms. The Labute approximate surface area is 121 Å². The molecule has 21 heavy (non-hydrogen) atoms. The largest absolute Gasteiger partial charge is 0.508 e. The molecule has 2 aromatic heterocycles. The second kappa shape index (κ2) is 5.74. The Hall–Kier alpha value is -2.70. The van der Waals surface area contributed by atoms with E-state index in [2.05, 4.69) is 15.1 Å². The molecule has 0 radical (unpaired) electrons. The number of nitrogens with zero attached hydrogens (tertiary/aromatic N) is 4. The van der Waals surface area contributed by atoms with E-state index in [0.717, 1.165) is 6.07 Å². The van der Waals surface area contributed by atoms with Gasteiger partial charge in [0.15, 0.2) is 5.65 Å². The molecule has 3 aromatic rings. The van der Waals surface area contributed by atoms with Crippen LogP contribution in [-0.4, -0.2) is 24.9 Å². The second-order valence-corrected chi connectivity index (χ2v) is 4.13. The summed E-state index contributed by atoms with van der Waals surface area (Å²) in [7, 11) is 1.71. The second-order valence-electron chi connectivity index (χ2n) is 4.13. The number of aryl methyl sites for hydroxylation is 1. The van der Waals surface area contributed by atoms with Crippen LogP contribution in [0.3, 0.4) is 0 Å². The molecule has 0 aliphatic rings. The smallest absolute Gasteiger partial charge is 0.163 e. The summed E-state index contributed by atoms with van der Waals surface area (Å²) < 4.78 is 14.9. The van der Waals surface area contributed by atoms with Crippen molar-refractivity contribution in [1.82, 2.24) is 19.7 Å². The van der Waals surface area contributed by atoms with Crippen LogP contribution in [0.4, 0.5) is 10.2 Å². The van der Waals surface area contributed by atoms with Gasteiger partial charge in [-0.25, -0.2) is 19.0 Å². The van der Waals surface area contributed by atoms with Gasteiger partial charge in [-0.05, 0) is 12.1 Å².